The predicted molar refractivity (Wildman–Crippen MR) is 109 cm³/mol. The van der Waals surface area contributed by atoms with Crippen molar-refractivity contribution in [2.45, 2.75) is 13.5 Å². The molecule has 4 aromatic rings. The van der Waals surface area contributed by atoms with Gasteiger partial charge < -0.3 is 15.5 Å². The second-order valence-corrected chi connectivity index (χ2v) is 7.66. The average molecular weight is 409 g/mol. The summed E-state index contributed by atoms with van der Waals surface area (Å²) in [4.78, 5) is 23.0. The van der Waals surface area contributed by atoms with E-state index in [1.807, 2.05) is 34.7 Å². The Bertz CT molecular complexity index is 1160. The maximum atomic E-state index is 12.0. The maximum Gasteiger partial charge on any atom is 0.236 e. The van der Waals surface area contributed by atoms with Crippen LogP contribution in [0.4, 0.5) is 10.8 Å². The molecule has 10 nitrogen and oxygen atoms in total. The molecule has 1 aliphatic rings. The van der Waals surface area contributed by atoms with Gasteiger partial charge in [0.1, 0.15) is 5.00 Å². The highest BCUT2D eigenvalue weighted by Crippen LogP contribution is 2.27. The minimum absolute atomic E-state index is 0.102. The fourth-order valence-electron chi connectivity index (χ4n) is 3.37. The summed E-state index contributed by atoms with van der Waals surface area (Å²) in [5.74, 6) is 0.762. The molecule has 1 saturated heterocycles. The van der Waals surface area contributed by atoms with Crippen LogP contribution in [0.3, 0.4) is 0 Å². The molecule has 0 unspecified atom stereocenters. The van der Waals surface area contributed by atoms with Gasteiger partial charge in [-0.15, -0.1) is 0 Å². The number of nitrogens with one attached hydrogen (secondary N) is 3. The zero-order valence-corrected chi connectivity index (χ0v) is 16.5. The van der Waals surface area contributed by atoms with Crippen LogP contribution in [0.15, 0.2) is 30.9 Å². The standard InChI is InChI=1S/C18H19N9OS/c1-11-9-27-14(12-5-21-22-6-12)7-20-18(27)17(23-11)24-15-4-13(25-29-15)10-26-3-2-19-8-16(26)28/h4-7,9,19H,2-3,8,10H2,1H3,(H,21,22)(H,23,24). The van der Waals surface area contributed by atoms with Gasteiger partial charge in [-0.25, -0.2) is 9.97 Å². The highest BCUT2D eigenvalue weighted by Gasteiger charge is 2.19. The van der Waals surface area contributed by atoms with Gasteiger partial charge in [0.2, 0.25) is 5.91 Å². The van der Waals surface area contributed by atoms with Gasteiger partial charge in [0.15, 0.2) is 11.5 Å². The van der Waals surface area contributed by atoms with Gasteiger partial charge in [0.25, 0.3) is 0 Å². The summed E-state index contributed by atoms with van der Waals surface area (Å²) in [6, 6.07) is 1.96. The van der Waals surface area contributed by atoms with Crippen molar-refractivity contribution >= 4 is 33.9 Å². The monoisotopic (exact) mass is 409 g/mol. The van der Waals surface area contributed by atoms with E-state index in [9.17, 15) is 4.79 Å². The van der Waals surface area contributed by atoms with Crippen molar-refractivity contribution in [3.05, 3.63) is 42.2 Å². The maximum absolute atomic E-state index is 12.0. The Hall–Kier alpha value is -3.31. The third kappa shape index (κ3) is 3.45. The molecular formula is C18H19N9OS. The molecule has 0 bridgehead atoms. The van der Waals surface area contributed by atoms with Crippen LogP contribution in [-0.2, 0) is 11.3 Å². The number of anilines is 2. The predicted octanol–water partition coefficient (Wildman–Crippen LogP) is 1.56. The molecule has 1 amide bonds. The minimum atomic E-state index is 0.102. The highest BCUT2D eigenvalue weighted by molar-refractivity contribution is 7.10. The lowest BCUT2D eigenvalue weighted by atomic mass is 10.3. The van der Waals surface area contributed by atoms with E-state index in [1.165, 1.54) is 11.5 Å². The molecular weight excluding hydrogens is 390 g/mol. The minimum Gasteiger partial charge on any atom is -0.334 e. The van der Waals surface area contributed by atoms with Crippen LogP contribution in [0, 0.1) is 6.92 Å². The van der Waals surface area contributed by atoms with E-state index in [0.29, 0.717) is 25.5 Å². The van der Waals surface area contributed by atoms with Gasteiger partial charge in [-0.1, -0.05) is 0 Å². The zero-order valence-electron chi connectivity index (χ0n) is 15.7. The largest absolute Gasteiger partial charge is 0.334 e. The molecule has 0 radical (unpaired) electrons. The topological polar surface area (TPSA) is 116 Å². The number of fused-ring (bicyclic) bond motifs is 1. The van der Waals surface area contributed by atoms with E-state index < -0.39 is 0 Å². The average Bonchev–Trinajstić information content (AvgIpc) is 3.44. The number of rotatable bonds is 5. The number of H-pyrrole nitrogens is 1. The third-order valence-corrected chi connectivity index (χ3v) is 5.49. The summed E-state index contributed by atoms with van der Waals surface area (Å²) >= 11 is 1.35. The number of hydrogen-bond donors (Lipinski definition) is 3. The first-order valence-corrected chi connectivity index (χ1v) is 10.00. The lowest BCUT2D eigenvalue weighted by Crippen LogP contribution is -2.47. The Morgan fingerprint density at radius 2 is 2.28 bits per heavy atom. The van der Waals surface area contributed by atoms with Gasteiger partial charge in [-0.05, 0) is 24.5 Å². The summed E-state index contributed by atoms with van der Waals surface area (Å²) in [6.07, 6.45) is 7.35. The van der Waals surface area contributed by atoms with Crippen molar-refractivity contribution in [1.29, 1.82) is 0 Å². The van der Waals surface area contributed by atoms with Gasteiger partial charge in [-0.2, -0.15) is 9.47 Å². The number of aromatic amines is 1. The Morgan fingerprint density at radius 1 is 1.34 bits per heavy atom. The molecule has 11 heteroatoms. The van der Waals surface area contributed by atoms with Crippen LogP contribution in [0.5, 0.6) is 0 Å². The molecule has 148 valence electrons. The summed E-state index contributed by atoms with van der Waals surface area (Å²) in [5.41, 5.74) is 4.33. The smallest absolute Gasteiger partial charge is 0.236 e. The number of aromatic nitrogens is 6. The molecule has 0 saturated carbocycles. The van der Waals surface area contributed by atoms with Gasteiger partial charge in [0, 0.05) is 31.0 Å². The van der Waals surface area contributed by atoms with Crippen LogP contribution in [0.2, 0.25) is 0 Å². The molecule has 5 rings (SSSR count). The Kier molecular flexibility index (Phi) is 4.45. The molecule has 4 aromatic heterocycles. The number of imidazole rings is 1. The molecule has 0 aromatic carbocycles. The van der Waals surface area contributed by atoms with Crippen LogP contribution < -0.4 is 10.6 Å². The number of hydrogen-bond acceptors (Lipinski definition) is 8. The summed E-state index contributed by atoms with van der Waals surface area (Å²) in [6.45, 7) is 4.36. The van der Waals surface area contributed by atoms with Gasteiger partial charge in [-0.3, -0.25) is 14.3 Å². The Balaban J connectivity index is 1.41. The second kappa shape index (κ2) is 7.26. The van der Waals surface area contributed by atoms with Crippen molar-refractivity contribution in [3.8, 4) is 11.3 Å². The normalized spacial score (nSPS) is 14.7. The first kappa shape index (κ1) is 17.8. The number of carbonyl (C=O) groups excluding carboxylic acids is 1. The number of carbonyl (C=O) groups is 1. The van der Waals surface area contributed by atoms with Crippen molar-refractivity contribution in [3.63, 3.8) is 0 Å². The fraction of sp³-hybridized carbons (Fsp3) is 0.278. The summed E-state index contributed by atoms with van der Waals surface area (Å²) in [5, 5.41) is 14.1. The lowest BCUT2D eigenvalue weighted by Gasteiger charge is -2.26. The molecule has 1 fully saturated rings. The van der Waals surface area contributed by atoms with Crippen LogP contribution in [0.1, 0.15) is 11.4 Å². The first-order valence-electron chi connectivity index (χ1n) is 9.22. The van der Waals surface area contributed by atoms with Gasteiger partial charge >= 0.3 is 0 Å². The van der Waals surface area contributed by atoms with Crippen molar-refractivity contribution in [2.75, 3.05) is 25.0 Å². The number of amides is 1. The molecule has 0 aliphatic carbocycles. The Morgan fingerprint density at radius 3 is 3.10 bits per heavy atom. The second-order valence-electron chi connectivity index (χ2n) is 6.85. The third-order valence-electron chi connectivity index (χ3n) is 4.75. The zero-order chi connectivity index (χ0) is 19.8. The Labute approximate surface area is 170 Å². The highest BCUT2D eigenvalue weighted by atomic mass is 32.1. The van der Waals surface area contributed by atoms with Crippen molar-refractivity contribution < 1.29 is 4.79 Å². The SMILES string of the molecule is Cc1cn2c(-c3cn[nH]c3)cnc2c(Nc2cc(CN3CCNCC3=O)ns2)n1. The van der Waals surface area contributed by atoms with Crippen LogP contribution in [0.25, 0.3) is 16.9 Å². The van der Waals surface area contributed by atoms with Crippen LogP contribution >= 0.6 is 11.5 Å². The van der Waals surface area contributed by atoms with Crippen LogP contribution in [-0.4, -0.2) is 59.4 Å². The molecule has 29 heavy (non-hydrogen) atoms. The molecule has 0 atom stereocenters. The molecule has 5 heterocycles. The first-order chi connectivity index (χ1) is 14.2. The summed E-state index contributed by atoms with van der Waals surface area (Å²) < 4.78 is 6.48. The lowest BCUT2D eigenvalue weighted by molar-refractivity contribution is -0.132. The van der Waals surface area contributed by atoms with E-state index in [0.717, 1.165) is 39.8 Å². The van der Waals surface area contributed by atoms with E-state index in [1.54, 1.807) is 12.4 Å². The quantitative estimate of drug-likeness (QED) is 0.458. The van der Waals surface area contributed by atoms with Crippen molar-refractivity contribution in [1.82, 2.24) is 39.2 Å². The van der Waals surface area contributed by atoms with Crippen molar-refractivity contribution in [2.24, 2.45) is 0 Å². The number of piperazine rings is 1. The van der Waals surface area contributed by atoms with E-state index in [4.69, 9.17) is 0 Å². The number of aryl methyl sites for hydroxylation is 1. The van der Waals surface area contributed by atoms with E-state index in [2.05, 4.69) is 35.2 Å². The van der Waals surface area contributed by atoms with E-state index >= 15 is 0 Å². The van der Waals surface area contributed by atoms with Gasteiger partial charge in [0.05, 0.1) is 42.6 Å². The molecule has 3 N–H and O–H groups in total. The number of nitrogens with zero attached hydrogens (tertiary/aromatic N) is 6. The van der Waals surface area contributed by atoms with E-state index in [-0.39, 0.29) is 5.91 Å². The molecule has 0 spiro atoms. The summed E-state index contributed by atoms with van der Waals surface area (Å²) in [7, 11) is 0. The fourth-order valence-corrected chi connectivity index (χ4v) is 4.02. The molecule has 1 aliphatic heterocycles.